The van der Waals surface area contributed by atoms with E-state index in [4.69, 9.17) is 21.4 Å². The van der Waals surface area contributed by atoms with E-state index in [1.165, 1.54) is 6.42 Å². The predicted molar refractivity (Wildman–Crippen MR) is 73.8 cm³/mol. The second-order valence-electron chi connectivity index (χ2n) is 4.65. The highest BCUT2D eigenvalue weighted by molar-refractivity contribution is 6.34. The van der Waals surface area contributed by atoms with Gasteiger partial charge >= 0.3 is 0 Å². The van der Waals surface area contributed by atoms with Crippen LogP contribution in [0.5, 0.6) is 5.75 Å². The van der Waals surface area contributed by atoms with Crippen LogP contribution in [0.1, 0.15) is 36.0 Å². The lowest BCUT2D eigenvalue weighted by atomic mass is 9.96. The van der Waals surface area contributed by atoms with Crippen LogP contribution in [-0.4, -0.2) is 30.3 Å². The Labute approximate surface area is 117 Å². The number of nitrogens with one attached hydrogen (secondary N) is 1. The van der Waals surface area contributed by atoms with Gasteiger partial charge in [0.05, 0.1) is 16.7 Å². The number of amides is 1. The number of carbonyl (C=O) groups is 1. The minimum absolute atomic E-state index is 0.0577. The first kappa shape index (κ1) is 14.2. The van der Waals surface area contributed by atoms with Gasteiger partial charge in [-0.25, -0.2) is 0 Å². The third kappa shape index (κ3) is 3.85. The molecule has 0 aliphatic heterocycles. The highest BCUT2D eigenvalue weighted by Crippen LogP contribution is 2.28. The molecule has 19 heavy (non-hydrogen) atoms. The lowest BCUT2D eigenvalue weighted by Gasteiger charge is -2.26. The first-order valence-corrected chi connectivity index (χ1v) is 6.94. The molecule has 0 heterocycles. The van der Waals surface area contributed by atoms with E-state index in [-0.39, 0.29) is 12.5 Å². The van der Waals surface area contributed by atoms with Crippen molar-refractivity contribution in [3.8, 4) is 5.75 Å². The van der Waals surface area contributed by atoms with Crippen LogP contribution < -0.4 is 10.1 Å². The summed E-state index contributed by atoms with van der Waals surface area (Å²) in [7, 11) is 0. The molecular weight excluding hydrogens is 266 g/mol. The van der Waals surface area contributed by atoms with Crippen molar-refractivity contribution in [2.45, 2.75) is 31.8 Å². The van der Waals surface area contributed by atoms with Crippen molar-refractivity contribution in [2.75, 3.05) is 13.2 Å². The van der Waals surface area contributed by atoms with Gasteiger partial charge in [0.15, 0.2) is 0 Å². The SMILES string of the molecule is O=C(NCCCO)c1ccc(OC2CCC2)cc1Cl. The molecule has 1 fully saturated rings. The van der Waals surface area contributed by atoms with Crippen LogP contribution >= 0.6 is 11.6 Å². The minimum Gasteiger partial charge on any atom is -0.490 e. The van der Waals surface area contributed by atoms with Gasteiger partial charge in [0, 0.05) is 13.2 Å². The highest BCUT2D eigenvalue weighted by Gasteiger charge is 2.19. The summed E-state index contributed by atoms with van der Waals surface area (Å²) in [6, 6.07) is 5.12. The van der Waals surface area contributed by atoms with E-state index < -0.39 is 0 Å². The molecular formula is C14H18ClNO3. The Hall–Kier alpha value is -1.26. The number of halogens is 1. The maximum atomic E-state index is 11.8. The minimum atomic E-state index is -0.228. The first-order chi connectivity index (χ1) is 9.20. The summed E-state index contributed by atoms with van der Waals surface area (Å²) in [5, 5.41) is 11.7. The van der Waals surface area contributed by atoms with Gasteiger partial charge in [-0.3, -0.25) is 4.79 Å². The van der Waals surface area contributed by atoms with Crippen molar-refractivity contribution >= 4 is 17.5 Å². The summed E-state index contributed by atoms with van der Waals surface area (Å²) < 4.78 is 5.72. The van der Waals surface area contributed by atoms with E-state index in [2.05, 4.69) is 5.32 Å². The molecule has 1 aromatic rings. The van der Waals surface area contributed by atoms with Crippen LogP contribution in [0.25, 0.3) is 0 Å². The predicted octanol–water partition coefficient (Wildman–Crippen LogP) is 2.38. The number of aliphatic hydroxyl groups is 1. The topological polar surface area (TPSA) is 58.6 Å². The molecule has 0 bridgehead atoms. The molecule has 1 aliphatic rings. The summed E-state index contributed by atoms with van der Waals surface area (Å²) in [4.78, 5) is 11.8. The van der Waals surface area contributed by atoms with Crippen molar-refractivity contribution < 1.29 is 14.6 Å². The number of aliphatic hydroxyl groups excluding tert-OH is 1. The van der Waals surface area contributed by atoms with Crippen molar-refractivity contribution in [2.24, 2.45) is 0 Å². The van der Waals surface area contributed by atoms with Crippen molar-refractivity contribution in [1.82, 2.24) is 5.32 Å². The van der Waals surface area contributed by atoms with Gasteiger partial charge in [-0.1, -0.05) is 11.6 Å². The van der Waals surface area contributed by atoms with Crippen LogP contribution in [-0.2, 0) is 0 Å². The average molecular weight is 284 g/mol. The van der Waals surface area contributed by atoms with Crippen LogP contribution in [0.2, 0.25) is 5.02 Å². The number of hydrogen-bond donors (Lipinski definition) is 2. The lowest BCUT2D eigenvalue weighted by molar-refractivity contribution is 0.0951. The largest absolute Gasteiger partial charge is 0.490 e. The summed E-state index contributed by atoms with van der Waals surface area (Å²) >= 11 is 6.09. The Balaban J connectivity index is 1.95. The van der Waals surface area contributed by atoms with E-state index in [1.54, 1.807) is 18.2 Å². The van der Waals surface area contributed by atoms with E-state index in [1.807, 2.05) is 0 Å². The van der Waals surface area contributed by atoms with Gasteiger partial charge in [0.25, 0.3) is 5.91 Å². The third-order valence-corrected chi connectivity index (χ3v) is 3.47. The fourth-order valence-corrected chi connectivity index (χ4v) is 2.07. The highest BCUT2D eigenvalue weighted by atomic mass is 35.5. The van der Waals surface area contributed by atoms with Gasteiger partial charge in [0.2, 0.25) is 0 Å². The van der Waals surface area contributed by atoms with Gasteiger partial charge < -0.3 is 15.2 Å². The van der Waals surface area contributed by atoms with Gasteiger partial charge in [-0.2, -0.15) is 0 Å². The fraction of sp³-hybridized carbons (Fsp3) is 0.500. The molecule has 104 valence electrons. The smallest absolute Gasteiger partial charge is 0.252 e. The maximum Gasteiger partial charge on any atom is 0.252 e. The Bertz CT molecular complexity index is 446. The van der Waals surface area contributed by atoms with Gasteiger partial charge in [-0.15, -0.1) is 0 Å². The van der Waals surface area contributed by atoms with Crippen LogP contribution in [0.4, 0.5) is 0 Å². The molecule has 2 N–H and O–H groups in total. The molecule has 0 unspecified atom stereocenters. The molecule has 4 nitrogen and oxygen atoms in total. The zero-order valence-electron chi connectivity index (χ0n) is 10.7. The number of carbonyl (C=O) groups excluding carboxylic acids is 1. The first-order valence-electron chi connectivity index (χ1n) is 6.56. The number of hydrogen-bond acceptors (Lipinski definition) is 3. The number of rotatable bonds is 6. The Morgan fingerprint density at radius 2 is 2.26 bits per heavy atom. The quantitative estimate of drug-likeness (QED) is 0.788. The Morgan fingerprint density at radius 3 is 2.84 bits per heavy atom. The van der Waals surface area contributed by atoms with Crippen LogP contribution in [0.15, 0.2) is 18.2 Å². The fourth-order valence-electron chi connectivity index (χ4n) is 1.81. The molecule has 1 aromatic carbocycles. The summed E-state index contributed by atoms with van der Waals surface area (Å²) in [6.07, 6.45) is 4.21. The van der Waals surface area contributed by atoms with E-state index in [0.29, 0.717) is 35.4 Å². The van der Waals surface area contributed by atoms with E-state index in [0.717, 1.165) is 12.8 Å². The normalized spacial score (nSPS) is 14.8. The Morgan fingerprint density at radius 1 is 1.47 bits per heavy atom. The van der Waals surface area contributed by atoms with Crippen molar-refractivity contribution in [1.29, 1.82) is 0 Å². The van der Waals surface area contributed by atoms with Gasteiger partial charge in [0.1, 0.15) is 5.75 Å². The molecule has 1 amide bonds. The molecule has 1 saturated carbocycles. The molecule has 1 aliphatic carbocycles. The third-order valence-electron chi connectivity index (χ3n) is 3.16. The van der Waals surface area contributed by atoms with Gasteiger partial charge in [-0.05, 0) is 43.9 Å². The molecule has 5 heteroatoms. The maximum absolute atomic E-state index is 11.8. The van der Waals surface area contributed by atoms with Crippen molar-refractivity contribution in [3.63, 3.8) is 0 Å². The number of ether oxygens (including phenoxy) is 1. The summed E-state index contributed by atoms with van der Waals surface area (Å²) in [6.45, 7) is 0.494. The molecule has 0 aromatic heterocycles. The number of benzene rings is 1. The van der Waals surface area contributed by atoms with E-state index >= 15 is 0 Å². The Kier molecular flexibility index (Phi) is 5.05. The second-order valence-corrected chi connectivity index (χ2v) is 5.05. The second kappa shape index (κ2) is 6.78. The monoisotopic (exact) mass is 283 g/mol. The standard InChI is InChI=1S/C14H18ClNO3/c15-13-9-11(19-10-3-1-4-10)5-6-12(13)14(18)16-7-2-8-17/h5-6,9-10,17H,1-4,7-8H2,(H,16,18). The molecule has 0 radical (unpaired) electrons. The lowest BCUT2D eigenvalue weighted by Crippen LogP contribution is -2.26. The molecule has 2 rings (SSSR count). The summed E-state index contributed by atoms with van der Waals surface area (Å²) in [5.74, 6) is 0.482. The average Bonchev–Trinajstić information content (AvgIpc) is 2.34. The zero-order chi connectivity index (χ0) is 13.7. The molecule has 0 atom stereocenters. The molecule has 0 saturated heterocycles. The van der Waals surface area contributed by atoms with Crippen LogP contribution in [0, 0.1) is 0 Å². The van der Waals surface area contributed by atoms with Crippen LogP contribution in [0.3, 0.4) is 0 Å². The zero-order valence-corrected chi connectivity index (χ0v) is 11.4. The molecule has 0 spiro atoms. The van der Waals surface area contributed by atoms with Crippen molar-refractivity contribution in [3.05, 3.63) is 28.8 Å². The van der Waals surface area contributed by atoms with E-state index in [9.17, 15) is 4.79 Å². The summed E-state index contributed by atoms with van der Waals surface area (Å²) in [5.41, 5.74) is 0.431.